The molecule has 1 N–H and O–H groups in total. The lowest BCUT2D eigenvalue weighted by molar-refractivity contribution is 0.680. The van der Waals surface area contributed by atoms with Crippen LogP contribution < -0.4 is 0 Å². The van der Waals surface area contributed by atoms with Gasteiger partial charge in [-0.15, -0.1) is 5.10 Å². The second-order valence-electron chi connectivity index (χ2n) is 9.62. The summed E-state index contributed by atoms with van der Waals surface area (Å²) in [4.78, 5) is 5.08. The first-order valence-electron chi connectivity index (χ1n) is 13.1. The Labute approximate surface area is 221 Å². The SMILES string of the molecule is CCCCc1nn2c(C)c(Cc3ccccc3)nc2n1Cc1ccc(-c2ccccc2-c2nnn[nH]2)cc1. The van der Waals surface area contributed by atoms with Crippen LogP contribution in [0.4, 0.5) is 0 Å². The molecule has 0 bridgehead atoms. The number of rotatable bonds is 9. The normalized spacial score (nSPS) is 11.4. The number of aromatic amines is 1. The number of nitrogens with one attached hydrogen (secondary N) is 1. The second-order valence-corrected chi connectivity index (χ2v) is 9.62. The first-order valence-corrected chi connectivity index (χ1v) is 13.1. The second kappa shape index (κ2) is 10.4. The van der Waals surface area contributed by atoms with Gasteiger partial charge in [-0.3, -0.25) is 4.57 Å². The van der Waals surface area contributed by atoms with Crippen LogP contribution in [0.1, 0.15) is 48.1 Å². The smallest absolute Gasteiger partial charge is 0.233 e. The summed E-state index contributed by atoms with van der Waals surface area (Å²) in [5.41, 5.74) is 7.81. The predicted molar refractivity (Wildman–Crippen MR) is 148 cm³/mol. The zero-order valence-electron chi connectivity index (χ0n) is 21.7. The molecule has 0 aliphatic carbocycles. The van der Waals surface area contributed by atoms with Gasteiger partial charge in [0.15, 0.2) is 5.82 Å². The van der Waals surface area contributed by atoms with Crippen molar-refractivity contribution in [3.05, 3.63) is 107 Å². The number of imidazole rings is 1. The molecule has 190 valence electrons. The minimum atomic E-state index is 0.659. The fourth-order valence-electron chi connectivity index (χ4n) is 4.93. The standard InChI is InChI=1S/C30H30N8/c1-3-4-14-28-34-38-21(2)27(19-22-10-6-5-7-11-22)31-30(38)37(28)20-23-15-17-24(18-16-23)25-12-8-9-13-26(25)29-32-35-36-33-29/h5-13,15-18H,3-4,14,19-20H2,1-2H3,(H,32,33,35,36). The van der Waals surface area contributed by atoms with E-state index in [4.69, 9.17) is 10.1 Å². The molecule has 0 unspecified atom stereocenters. The summed E-state index contributed by atoms with van der Waals surface area (Å²) < 4.78 is 4.31. The van der Waals surface area contributed by atoms with Gasteiger partial charge in [0.2, 0.25) is 5.78 Å². The van der Waals surface area contributed by atoms with Gasteiger partial charge in [0.05, 0.1) is 17.9 Å². The van der Waals surface area contributed by atoms with Gasteiger partial charge in [0.1, 0.15) is 5.82 Å². The molecule has 3 aromatic carbocycles. The number of nitrogens with zero attached hydrogens (tertiary/aromatic N) is 7. The Kier molecular flexibility index (Phi) is 6.52. The molecule has 0 amide bonds. The van der Waals surface area contributed by atoms with Crippen LogP contribution in [0.5, 0.6) is 0 Å². The topological polar surface area (TPSA) is 89.6 Å². The first-order chi connectivity index (χ1) is 18.7. The van der Waals surface area contributed by atoms with Gasteiger partial charge in [-0.1, -0.05) is 92.2 Å². The van der Waals surface area contributed by atoms with Crippen LogP contribution in [0.3, 0.4) is 0 Å². The fourth-order valence-corrected chi connectivity index (χ4v) is 4.93. The van der Waals surface area contributed by atoms with E-state index >= 15 is 0 Å². The third-order valence-electron chi connectivity index (χ3n) is 7.03. The molecule has 6 rings (SSSR count). The van der Waals surface area contributed by atoms with Gasteiger partial charge < -0.3 is 0 Å². The molecule has 0 radical (unpaired) electrons. The molecule has 6 aromatic rings. The molecule has 0 aliphatic heterocycles. The van der Waals surface area contributed by atoms with E-state index < -0.39 is 0 Å². The van der Waals surface area contributed by atoms with Crippen LogP contribution in [0.25, 0.3) is 28.3 Å². The molecule has 0 fully saturated rings. The lowest BCUT2D eigenvalue weighted by atomic mass is 9.98. The summed E-state index contributed by atoms with van der Waals surface area (Å²) in [5.74, 6) is 2.65. The van der Waals surface area contributed by atoms with Crippen molar-refractivity contribution in [1.29, 1.82) is 0 Å². The molecule has 0 saturated carbocycles. The molecule has 38 heavy (non-hydrogen) atoms. The third-order valence-corrected chi connectivity index (χ3v) is 7.03. The average molecular weight is 503 g/mol. The zero-order chi connectivity index (χ0) is 25.9. The lowest BCUT2D eigenvalue weighted by Gasteiger charge is -2.10. The quantitative estimate of drug-likeness (QED) is 0.275. The Balaban J connectivity index is 1.32. The van der Waals surface area contributed by atoms with Gasteiger partial charge in [-0.05, 0) is 46.0 Å². The largest absolute Gasteiger partial charge is 0.292 e. The van der Waals surface area contributed by atoms with Crippen LogP contribution in [0.2, 0.25) is 0 Å². The first kappa shape index (κ1) is 23.8. The monoisotopic (exact) mass is 502 g/mol. The number of unbranched alkanes of at least 4 members (excludes halogenated alkanes) is 1. The maximum absolute atomic E-state index is 5.08. The molecular weight excluding hydrogens is 472 g/mol. The van der Waals surface area contributed by atoms with Gasteiger partial charge in [-0.25, -0.2) is 14.6 Å². The minimum absolute atomic E-state index is 0.659. The third kappa shape index (κ3) is 4.61. The van der Waals surface area contributed by atoms with E-state index in [2.05, 4.69) is 93.6 Å². The summed E-state index contributed by atoms with van der Waals surface area (Å²) in [5, 5.41) is 19.5. The number of hydrogen-bond acceptors (Lipinski definition) is 5. The van der Waals surface area contributed by atoms with E-state index in [0.717, 1.165) is 71.9 Å². The highest BCUT2D eigenvalue weighted by Crippen LogP contribution is 2.30. The Morgan fingerprint density at radius 2 is 1.61 bits per heavy atom. The van der Waals surface area contributed by atoms with E-state index in [1.807, 2.05) is 28.8 Å². The van der Waals surface area contributed by atoms with Crippen molar-refractivity contribution in [2.45, 2.75) is 46.1 Å². The number of benzene rings is 3. The van der Waals surface area contributed by atoms with E-state index in [1.54, 1.807) is 0 Å². The van der Waals surface area contributed by atoms with Crippen molar-refractivity contribution in [1.82, 2.24) is 39.8 Å². The van der Waals surface area contributed by atoms with Crippen LogP contribution in [0.15, 0.2) is 78.9 Å². The molecular formula is C30H30N8. The lowest BCUT2D eigenvalue weighted by Crippen LogP contribution is -2.06. The maximum Gasteiger partial charge on any atom is 0.233 e. The highest BCUT2D eigenvalue weighted by atomic mass is 15.5. The molecule has 0 spiro atoms. The van der Waals surface area contributed by atoms with Crippen LogP contribution in [-0.4, -0.2) is 39.8 Å². The Morgan fingerprint density at radius 3 is 2.34 bits per heavy atom. The summed E-state index contributed by atoms with van der Waals surface area (Å²) >= 11 is 0. The maximum atomic E-state index is 5.08. The van der Waals surface area contributed by atoms with Crippen molar-refractivity contribution in [3.63, 3.8) is 0 Å². The highest BCUT2D eigenvalue weighted by Gasteiger charge is 2.18. The number of aromatic nitrogens is 8. The van der Waals surface area contributed by atoms with Crippen molar-refractivity contribution in [2.24, 2.45) is 0 Å². The van der Waals surface area contributed by atoms with Crippen LogP contribution >= 0.6 is 0 Å². The molecule has 3 heterocycles. The van der Waals surface area contributed by atoms with Crippen LogP contribution in [-0.2, 0) is 19.4 Å². The fraction of sp³-hybridized carbons (Fsp3) is 0.233. The number of fused-ring (bicyclic) bond motifs is 1. The van der Waals surface area contributed by atoms with Crippen molar-refractivity contribution < 1.29 is 0 Å². The molecule has 8 nitrogen and oxygen atoms in total. The summed E-state index contributed by atoms with van der Waals surface area (Å²) in [6.07, 6.45) is 3.96. The van der Waals surface area contributed by atoms with Gasteiger partial charge in [-0.2, -0.15) is 5.10 Å². The number of tetrazole rings is 1. The summed E-state index contributed by atoms with van der Waals surface area (Å²) in [6, 6.07) is 27.3. The molecule has 3 aromatic heterocycles. The van der Waals surface area contributed by atoms with Crippen molar-refractivity contribution in [3.8, 4) is 22.5 Å². The molecule has 8 heteroatoms. The number of aryl methyl sites for hydroxylation is 2. The summed E-state index contributed by atoms with van der Waals surface area (Å²) in [7, 11) is 0. The van der Waals surface area contributed by atoms with Crippen molar-refractivity contribution >= 4 is 5.78 Å². The summed E-state index contributed by atoms with van der Waals surface area (Å²) in [6.45, 7) is 5.06. The average Bonchev–Trinajstić information content (AvgIpc) is 3.68. The molecule has 0 atom stereocenters. The molecule has 0 aliphatic rings. The Morgan fingerprint density at radius 1 is 0.842 bits per heavy atom. The number of H-pyrrole nitrogens is 1. The number of hydrogen-bond donors (Lipinski definition) is 1. The van der Waals surface area contributed by atoms with E-state index in [9.17, 15) is 0 Å². The van der Waals surface area contributed by atoms with Gasteiger partial charge >= 0.3 is 0 Å². The zero-order valence-corrected chi connectivity index (χ0v) is 21.7. The minimum Gasteiger partial charge on any atom is -0.292 e. The van der Waals surface area contributed by atoms with E-state index in [0.29, 0.717) is 5.82 Å². The highest BCUT2D eigenvalue weighted by molar-refractivity contribution is 5.80. The molecule has 0 saturated heterocycles. The van der Waals surface area contributed by atoms with Gasteiger partial charge in [0, 0.05) is 18.4 Å². The van der Waals surface area contributed by atoms with Crippen LogP contribution in [0, 0.1) is 6.92 Å². The Bertz CT molecular complexity index is 1640. The predicted octanol–water partition coefficient (Wildman–Crippen LogP) is 5.67. The van der Waals surface area contributed by atoms with Gasteiger partial charge in [0.25, 0.3) is 0 Å². The van der Waals surface area contributed by atoms with E-state index in [-0.39, 0.29) is 0 Å². The Hall–Kier alpha value is -4.59. The van der Waals surface area contributed by atoms with Crippen molar-refractivity contribution in [2.75, 3.05) is 0 Å². The van der Waals surface area contributed by atoms with E-state index in [1.165, 1.54) is 11.1 Å².